The zero-order valence-electron chi connectivity index (χ0n) is 21.3. The fourth-order valence-electron chi connectivity index (χ4n) is 6.67. The number of aromatic nitrogens is 2. The molecule has 4 heterocycles. The molecule has 9 nitrogen and oxygen atoms in total. The summed E-state index contributed by atoms with van der Waals surface area (Å²) in [5.74, 6) is 3.21. The SMILES string of the molecule is COC(=O)NCC1(Nc2nc(N3C[C@H]4CN(c5ccc6c(c5)CC6)C[C@H]4C3)nc3c2[S@@](=O)CC3)CCC1. The first-order valence-electron chi connectivity index (χ1n) is 13.5. The van der Waals surface area contributed by atoms with E-state index >= 15 is 0 Å². The van der Waals surface area contributed by atoms with Crippen molar-refractivity contribution in [1.82, 2.24) is 15.3 Å². The molecule has 2 aliphatic carbocycles. The first kappa shape index (κ1) is 23.3. The number of hydrogen-bond donors (Lipinski definition) is 2. The lowest BCUT2D eigenvalue weighted by Crippen LogP contribution is -2.54. The van der Waals surface area contributed by atoms with Gasteiger partial charge in [0.1, 0.15) is 10.7 Å². The molecule has 10 heteroatoms. The van der Waals surface area contributed by atoms with Crippen molar-refractivity contribution in [3.8, 4) is 0 Å². The van der Waals surface area contributed by atoms with Gasteiger partial charge in [0.25, 0.3) is 0 Å². The number of anilines is 3. The van der Waals surface area contributed by atoms with Crippen molar-refractivity contribution in [3.63, 3.8) is 0 Å². The van der Waals surface area contributed by atoms with E-state index in [0.29, 0.717) is 36.4 Å². The zero-order valence-corrected chi connectivity index (χ0v) is 22.1. The quantitative estimate of drug-likeness (QED) is 0.597. The fourth-order valence-corrected chi connectivity index (χ4v) is 7.98. The molecule has 1 aromatic heterocycles. The Hall–Kier alpha value is -2.88. The molecule has 0 spiro atoms. The van der Waals surface area contributed by atoms with Gasteiger partial charge in [-0.3, -0.25) is 4.21 Å². The molecule has 5 aliphatic rings. The van der Waals surface area contributed by atoms with Crippen LogP contribution in [0.1, 0.15) is 36.1 Å². The molecule has 3 fully saturated rings. The summed E-state index contributed by atoms with van der Waals surface area (Å²) in [7, 11) is 0.273. The number of rotatable bonds is 6. The van der Waals surface area contributed by atoms with E-state index in [1.54, 1.807) is 0 Å². The Morgan fingerprint density at radius 1 is 1.08 bits per heavy atom. The van der Waals surface area contributed by atoms with Crippen LogP contribution in [-0.2, 0) is 34.8 Å². The third-order valence-electron chi connectivity index (χ3n) is 9.11. The van der Waals surface area contributed by atoms with Gasteiger partial charge in [0.05, 0.1) is 29.1 Å². The van der Waals surface area contributed by atoms with Gasteiger partial charge in [-0.15, -0.1) is 0 Å². The van der Waals surface area contributed by atoms with Crippen molar-refractivity contribution in [2.24, 2.45) is 11.8 Å². The average Bonchev–Trinajstić information content (AvgIpc) is 3.54. The Morgan fingerprint density at radius 2 is 1.84 bits per heavy atom. The average molecular weight is 523 g/mol. The topological polar surface area (TPSA) is 99.7 Å². The standard InChI is InChI=1S/C27H34N6O3S/c1-36-26(34)28-16-27(8-2-9-27)31-24-23-22(7-10-37(23)35)29-25(30-24)33-14-19-12-32(13-20(19)15-33)21-6-5-17-3-4-18(17)11-21/h5-6,11,19-20H,2-4,7-10,12-16H2,1H3,(H,28,34)(H,29,30,31)/t19-,20+,37-/m0/s1. The van der Waals surface area contributed by atoms with E-state index in [9.17, 15) is 9.00 Å². The highest BCUT2D eigenvalue weighted by molar-refractivity contribution is 7.85. The van der Waals surface area contributed by atoms with Crippen molar-refractivity contribution in [2.75, 3.05) is 60.7 Å². The lowest BCUT2D eigenvalue weighted by molar-refractivity contribution is 0.163. The number of nitrogens with one attached hydrogen (secondary N) is 2. The summed E-state index contributed by atoms with van der Waals surface area (Å²) >= 11 is 0. The molecule has 2 N–H and O–H groups in total. The van der Waals surface area contributed by atoms with E-state index in [0.717, 1.165) is 62.0 Å². The number of aryl methyl sites for hydroxylation is 3. The van der Waals surface area contributed by atoms with Crippen molar-refractivity contribution < 1.29 is 13.7 Å². The monoisotopic (exact) mass is 522 g/mol. The molecule has 196 valence electrons. The van der Waals surface area contributed by atoms with Gasteiger partial charge < -0.3 is 25.2 Å². The first-order valence-corrected chi connectivity index (χ1v) is 14.8. The lowest BCUT2D eigenvalue weighted by atomic mass is 9.76. The van der Waals surface area contributed by atoms with Gasteiger partial charge >= 0.3 is 6.09 Å². The molecule has 1 saturated carbocycles. The summed E-state index contributed by atoms with van der Waals surface area (Å²) in [6.07, 6.45) is 5.64. The summed E-state index contributed by atoms with van der Waals surface area (Å²) in [6, 6.07) is 7.00. The summed E-state index contributed by atoms with van der Waals surface area (Å²) in [6.45, 7) is 4.49. The molecule has 37 heavy (non-hydrogen) atoms. The maximum atomic E-state index is 12.9. The number of nitrogens with zero attached hydrogens (tertiary/aromatic N) is 4. The lowest BCUT2D eigenvalue weighted by Gasteiger charge is -2.43. The highest BCUT2D eigenvalue weighted by atomic mass is 32.2. The maximum absolute atomic E-state index is 12.9. The van der Waals surface area contributed by atoms with E-state index in [2.05, 4.69) is 38.6 Å². The van der Waals surface area contributed by atoms with Crippen molar-refractivity contribution in [2.45, 2.75) is 49.0 Å². The molecule has 2 aromatic rings. The van der Waals surface area contributed by atoms with Crippen LogP contribution in [0.2, 0.25) is 0 Å². The maximum Gasteiger partial charge on any atom is 0.406 e. The third-order valence-corrected chi connectivity index (χ3v) is 10.6. The van der Waals surface area contributed by atoms with Gasteiger partial charge in [-0.2, -0.15) is 4.98 Å². The van der Waals surface area contributed by atoms with Crippen LogP contribution in [0, 0.1) is 11.8 Å². The molecule has 7 rings (SSSR count). The van der Waals surface area contributed by atoms with Gasteiger partial charge in [0.15, 0.2) is 0 Å². The molecule has 0 bridgehead atoms. The largest absolute Gasteiger partial charge is 0.453 e. The Morgan fingerprint density at radius 3 is 2.49 bits per heavy atom. The second kappa shape index (κ2) is 8.85. The molecule has 3 atom stereocenters. The highest BCUT2D eigenvalue weighted by Gasteiger charge is 2.43. The number of fused-ring (bicyclic) bond motifs is 3. The van der Waals surface area contributed by atoms with E-state index < -0.39 is 16.9 Å². The van der Waals surface area contributed by atoms with Crippen molar-refractivity contribution >= 4 is 34.3 Å². The summed E-state index contributed by atoms with van der Waals surface area (Å²) in [4.78, 5) is 27.2. The predicted molar refractivity (Wildman–Crippen MR) is 143 cm³/mol. The molecule has 2 saturated heterocycles. The molecule has 3 aliphatic heterocycles. The van der Waals surface area contributed by atoms with Crippen LogP contribution < -0.4 is 20.4 Å². The van der Waals surface area contributed by atoms with E-state index in [4.69, 9.17) is 14.7 Å². The Labute approximate surface area is 219 Å². The van der Waals surface area contributed by atoms with Gasteiger partial charge in [0.2, 0.25) is 5.95 Å². The summed E-state index contributed by atoms with van der Waals surface area (Å²) in [5.41, 5.74) is 5.01. The van der Waals surface area contributed by atoms with Gasteiger partial charge in [0, 0.05) is 62.4 Å². The van der Waals surface area contributed by atoms with Crippen LogP contribution in [0.15, 0.2) is 23.1 Å². The molecule has 1 aromatic carbocycles. The number of methoxy groups -OCH3 is 1. The van der Waals surface area contributed by atoms with E-state index in [1.165, 1.54) is 36.8 Å². The fraction of sp³-hybridized carbons (Fsp3) is 0.593. The predicted octanol–water partition coefficient (Wildman–Crippen LogP) is 2.50. The minimum Gasteiger partial charge on any atom is -0.453 e. The van der Waals surface area contributed by atoms with Crippen LogP contribution in [0.5, 0.6) is 0 Å². The molecule has 0 unspecified atom stereocenters. The Bertz CT molecular complexity index is 1270. The second-order valence-electron chi connectivity index (χ2n) is 11.3. The first-order chi connectivity index (χ1) is 18.0. The van der Waals surface area contributed by atoms with Crippen LogP contribution >= 0.6 is 0 Å². The number of ether oxygens (including phenoxy) is 1. The van der Waals surface area contributed by atoms with Crippen LogP contribution in [0.3, 0.4) is 0 Å². The normalized spacial score (nSPS) is 26.6. The molecule has 1 amide bonds. The van der Waals surface area contributed by atoms with Crippen molar-refractivity contribution in [3.05, 3.63) is 35.0 Å². The van der Waals surface area contributed by atoms with Crippen LogP contribution in [0.4, 0.5) is 22.2 Å². The third kappa shape index (κ3) is 4.04. The Kier molecular flexibility index (Phi) is 5.56. The van der Waals surface area contributed by atoms with Gasteiger partial charge in [-0.25, -0.2) is 9.78 Å². The number of amides is 1. The van der Waals surface area contributed by atoms with E-state index in [-0.39, 0.29) is 5.54 Å². The van der Waals surface area contributed by atoms with E-state index in [1.807, 2.05) is 0 Å². The molecule has 0 radical (unpaired) electrons. The zero-order chi connectivity index (χ0) is 25.1. The number of alkyl carbamates (subject to hydrolysis) is 1. The van der Waals surface area contributed by atoms with Gasteiger partial charge in [-0.1, -0.05) is 6.07 Å². The van der Waals surface area contributed by atoms with Crippen LogP contribution in [0.25, 0.3) is 0 Å². The minimum atomic E-state index is -1.10. The smallest absolute Gasteiger partial charge is 0.406 e. The number of carbonyl (C=O) groups is 1. The summed E-state index contributed by atoms with van der Waals surface area (Å²) < 4.78 is 17.7. The number of benzene rings is 1. The Balaban J connectivity index is 1.09. The van der Waals surface area contributed by atoms with Crippen LogP contribution in [-0.4, -0.2) is 71.4 Å². The van der Waals surface area contributed by atoms with Gasteiger partial charge in [-0.05, 0) is 55.4 Å². The molecular weight excluding hydrogens is 488 g/mol. The molecular formula is C27H34N6O3S. The van der Waals surface area contributed by atoms with Crippen molar-refractivity contribution in [1.29, 1.82) is 0 Å². The number of hydrogen-bond acceptors (Lipinski definition) is 8. The minimum absolute atomic E-state index is 0.292. The highest BCUT2D eigenvalue weighted by Crippen LogP contribution is 2.40. The second-order valence-corrected chi connectivity index (χ2v) is 12.8. The number of carbonyl (C=O) groups excluding carboxylic acids is 1. The summed E-state index contributed by atoms with van der Waals surface area (Å²) in [5, 5.41) is 6.45.